The molecule has 106 valence electrons. The van der Waals surface area contributed by atoms with E-state index in [0.29, 0.717) is 22.9 Å². The minimum Gasteiger partial charge on any atom is -0.497 e. The SMILES string of the molecule is COc1ccc(CCl)c(OCc2ccc(Cl)c(F)c2)c1. The summed E-state index contributed by atoms with van der Waals surface area (Å²) in [5.74, 6) is 1.16. The summed E-state index contributed by atoms with van der Waals surface area (Å²) >= 11 is 11.5. The Balaban J connectivity index is 2.15. The summed E-state index contributed by atoms with van der Waals surface area (Å²) in [6.45, 7) is 0.227. The van der Waals surface area contributed by atoms with Gasteiger partial charge in [0.15, 0.2) is 0 Å². The Hall–Kier alpha value is -1.45. The van der Waals surface area contributed by atoms with Crippen LogP contribution in [0.25, 0.3) is 0 Å². The minimum absolute atomic E-state index is 0.0941. The van der Waals surface area contributed by atoms with Gasteiger partial charge in [0, 0.05) is 11.6 Å². The molecule has 0 aliphatic carbocycles. The van der Waals surface area contributed by atoms with Crippen molar-refractivity contribution >= 4 is 23.2 Å². The van der Waals surface area contributed by atoms with Gasteiger partial charge in [0.1, 0.15) is 23.9 Å². The quantitative estimate of drug-likeness (QED) is 0.738. The third-order valence-electron chi connectivity index (χ3n) is 2.80. The van der Waals surface area contributed by atoms with Crippen LogP contribution in [-0.4, -0.2) is 7.11 Å². The molecule has 0 aromatic heterocycles. The summed E-state index contributed by atoms with van der Waals surface area (Å²) in [5.41, 5.74) is 1.54. The van der Waals surface area contributed by atoms with Crippen LogP contribution in [0.15, 0.2) is 36.4 Å². The highest BCUT2D eigenvalue weighted by Gasteiger charge is 2.07. The molecule has 0 N–H and O–H groups in total. The maximum Gasteiger partial charge on any atom is 0.142 e. The monoisotopic (exact) mass is 314 g/mol. The van der Waals surface area contributed by atoms with Gasteiger partial charge in [-0.3, -0.25) is 0 Å². The number of hydrogen-bond donors (Lipinski definition) is 0. The third-order valence-corrected chi connectivity index (χ3v) is 3.39. The molecular formula is C15H13Cl2FO2. The third kappa shape index (κ3) is 3.56. The molecule has 5 heteroatoms. The van der Waals surface area contributed by atoms with Crippen molar-refractivity contribution in [1.29, 1.82) is 0 Å². The van der Waals surface area contributed by atoms with Crippen LogP contribution in [0.5, 0.6) is 11.5 Å². The molecule has 0 unspecified atom stereocenters. The van der Waals surface area contributed by atoms with Gasteiger partial charge in [-0.15, -0.1) is 11.6 Å². The molecule has 0 saturated heterocycles. The van der Waals surface area contributed by atoms with E-state index in [9.17, 15) is 4.39 Å². The lowest BCUT2D eigenvalue weighted by molar-refractivity contribution is 0.300. The van der Waals surface area contributed by atoms with Gasteiger partial charge in [0.25, 0.3) is 0 Å². The lowest BCUT2D eigenvalue weighted by atomic mass is 10.2. The van der Waals surface area contributed by atoms with Gasteiger partial charge in [-0.25, -0.2) is 4.39 Å². The Morgan fingerprint density at radius 3 is 2.60 bits per heavy atom. The van der Waals surface area contributed by atoms with Crippen molar-refractivity contribution < 1.29 is 13.9 Å². The van der Waals surface area contributed by atoms with Crippen molar-refractivity contribution in [3.8, 4) is 11.5 Å². The molecule has 0 saturated carbocycles. The van der Waals surface area contributed by atoms with Crippen molar-refractivity contribution in [3.05, 3.63) is 58.4 Å². The fourth-order valence-corrected chi connectivity index (χ4v) is 2.04. The number of ether oxygens (including phenoxy) is 2. The lowest BCUT2D eigenvalue weighted by Crippen LogP contribution is -1.99. The van der Waals surface area contributed by atoms with Gasteiger partial charge < -0.3 is 9.47 Å². The maximum atomic E-state index is 13.3. The highest BCUT2D eigenvalue weighted by Crippen LogP contribution is 2.27. The standard InChI is InChI=1S/C15H13Cl2FO2/c1-19-12-4-3-11(8-16)15(7-12)20-9-10-2-5-13(17)14(18)6-10/h2-7H,8-9H2,1H3. The van der Waals surface area contributed by atoms with E-state index in [1.54, 1.807) is 19.2 Å². The minimum atomic E-state index is -0.462. The van der Waals surface area contributed by atoms with Crippen LogP contribution in [0.3, 0.4) is 0 Å². The molecular weight excluding hydrogens is 302 g/mol. The van der Waals surface area contributed by atoms with Crippen LogP contribution in [0, 0.1) is 5.82 Å². The molecule has 0 radical (unpaired) electrons. The fourth-order valence-electron chi connectivity index (χ4n) is 1.70. The van der Waals surface area contributed by atoms with Crippen LogP contribution in [0.2, 0.25) is 5.02 Å². The van der Waals surface area contributed by atoms with E-state index in [4.69, 9.17) is 32.7 Å². The first kappa shape index (κ1) is 14.9. The number of hydrogen-bond acceptors (Lipinski definition) is 2. The van der Waals surface area contributed by atoms with E-state index in [1.165, 1.54) is 12.1 Å². The summed E-state index contributed by atoms with van der Waals surface area (Å²) in [6.07, 6.45) is 0. The van der Waals surface area contributed by atoms with E-state index < -0.39 is 5.82 Å². The zero-order chi connectivity index (χ0) is 14.5. The first-order valence-electron chi connectivity index (χ1n) is 5.93. The Kier molecular flexibility index (Phi) is 5.10. The van der Waals surface area contributed by atoms with E-state index in [2.05, 4.69) is 0 Å². The largest absolute Gasteiger partial charge is 0.497 e. The first-order chi connectivity index (χ1) is 9.63. The normalized spacial score (nSPS) is 10.4. The average molecular weight is 315 g/mol. The highest BCUT2D eigenvalue weighted by molar-refractivity contribution is 6.30. The number of halogens is 3. The van der Waals surface area contributed by atoms with Crippen molar-refractivity contribution in [2.45, 2.75) is 12.5 Å². The zero-order valence-corrected chi connectivity index (χ0v) is 12.3. The molecule has 2 aromatic rings. The Morgan fingerprint density at radius 2 is 1.95 bits per heavy atom. The summed E-state index contributed by atoms with van der Waals surface area (Å²) in [7, 11) is 1.58. The predicted octanol–water partition coefficient (Wildman–Crippen LogP) is 4.81. The summed E-state index contributed by atoms with van der Waals surface area (Å²) in [6, 6.07) is 9.97. The maximum absolute atomic E-state index is 13.3. The molecule has 0 spiro atoms. The summed E-state index contributed by atoms with van der Waals surface area (Å²) < 4.78 is 24.2. The number of rotatable bonds is 5. The molecule has 2 aromatic carbocycles. The van der Waals surface area contributed by atoms with Crippen LogP contribution < -0.4 is 9.47 Å². The molecule has 0 amide bonds. The highest BCUT2D eigenvalue weighted by atomic mass is 35.5. The molecule has 0 aliphatic heterocycles. The smallest absolute Gasteiger partial charge is 0.142 e. The Morgan fingerprint density at radius 1 is 1.15 bits per heavy atom. The van der Waals surface area contributed by atoms with Gasteiger partial charge in [0.05, 0.1) is 18.0 Å². The van der Waals surface area contributed by atoms with Gasteiger partial charge in [-0.2, -0.15) is 0 Å². The molecule has 0 fully saturated rings. The number of alkyl halides is 1. The predicted molar refractivity (Wildman–Crippen MR) is 78.3 cm³/mol. The second-order valence-corrected chi connectivity index (χ2v) is 4.82. The second-order valence-electron chi connectivity index (χ2n) is 4.14. The molecule has 2 rings (SSSR count). The van der Waals surface area contributed by atoms with Gasteiger partial charge >= 0.3 is 0 Å². The van der Waals surface area contributed by atoms with Crippen LogP contribution >= 0.6 is 23.2 Å². The van der Waals surface area contributed by atoms with E-state index >= 15 is 0 Å². The van der Waals surface area contributed by atoms with Crippen molar-refractivity contribution in [2.75, 3.05) is 7.11 Å². The topological polar surface area (TPSA) is 18.5 Å². The van der Waals surface area contributed by atoms with Gasteiger partial charge in [0.2, 0.25) is 0 Å². The van der Waals surface area contributed by atoms with Crippen LogP contribution in [0.1, 0.15) is 11.1 Å². The van der Waals surface area contributed by atoms with Gasteiger partial charge in [-0.05, 0) is 23.8 Å². The van der Waals surface area contributed by atoms with Crippen molar-refractivity contribution in [2.24, 2.45) is 0 Å². The second kappa shape index (κ2) is 6.82. The molecule has 2 nitrogen and oxygen atoms in total. The molecule has 0 atom stereocenters. The Labute approximate surface area is 127 Å². The van der Waals surface area contributed by atoms with E-state index in [1.807, 2.05) is 12.1 Å². The molecule has 20 heavy (non-hydrogen) atoms. The molecule has 0 bridgehead atoms. The fraction of sp³-hybridized carbons (Fsp3) is 0.200. The summed E-state index contributed by atoms with van der Waals surface area (Å²) in [5, 5.41) is 0.0941. The van der Waals surface area contributed by atoms with Crippen LogP contribution in [-0.2, 0) is 12.5 Å². The zero-order valence-electron chi connectivity index (χ0n) is 10.8. The van der Waals surface area contributed by atoms with E-state index in [0.717, 1.165) is 5.56 Å². The van der Waals surface area contributed by atoms with Gasteiger partial charge in [-0.1, -0.05) is 23.7 Å². The lowest BCUT2D eigenvalue weighted by Gasteiger charge is -2.12. The molecule has 0 heterocycles. The first-order valence-corrected chi connectivity index (χ1v) is 6.85. The number of benzene rings is 2. The van der Waals surface area contributed by atoms with Crippen LogP contribution in [0.4, 0.5) is 4.39 Å². The van der Waals surface area contributed by atoms with Crippen molar-refractivity contribution in [3.63, 3.8) is 0 Å². The Bertz CT molecular complexity index is 602. The molecule has 0 aliphatic rings. The average Bonchev–Trinajstić information content (AvgIpc) is 2.48. The summed E-state index contributed by atoms with van der Waals surface area (Å²) in [4.78, 5) is 0. The number of methoxy groups -OCH3 is 1. The van der Waals surface area contributed by atoms with Crippen molar-refractivity contribution in [1.82, 2.24) is 0 Å². The van der Waals surface area contributed by atoms with E-state index in [-0.39, 0.29) is 11.6 Å².